The maximum Gasteiger partial charge on any atom is 0.172 e. The van der Waals surface area contributed by atoms with Crippen molar-refractivity contribution in [3.8, 4) is 17.2 Å². The van der Waals surface area contributed by atoms with Crippen LogP contribution < -0.4 is 19.9 Å². The summed E-state index contributed by atoms with van der Waals surface area (Å²) in [6, 6.07) is 10.7. The number of benzene rings is 2. The van der Waals surface area contributed by atoms with E-state index in [9.17, 15) is 4.39 Å². The van der Waals surface area contributed by atoms with Crippen LogP contribution in [0, 0.1) is 5.82 Å². The number of H-pyrrole nitrogens is 1. The van der Waals surface area contributed by atoms with Gasteiger partial charge in [-0.3, -0.25) is 5.10 Å². The first-order chi connectivity index (χ1) is 13.1. The molecule has 1 unspecified atom stereocenters. The van der Waals surface area contributed by atoms with E-state index in [1.165, 1.54) is 12.1 Å². The third-order valence-corrected chi connectivity index (χ3v) is 3.86. The summed E-state index contributed by atoms with van der Waals surface area (Å²) in [5.41, 5.74) is 7.07. The lowest BCUT2D eigenvalue weighted by molar-refractivity contribution is 0.296. The lowest BCUT2D eigenvalue weighted by atomic mass is 10.1. The molecule has 7 nitrogen and oxygen atoms in total. The van der Waals surface area contributed by atoms with Crippen LogP contribution in [0.1, 0.15) is 30.2 Å². The SMILES string of the molecule is CCOc1ccc(C(N)c2n[nH]c(COc3ccc(F)cc3)n2)cc1OC. The zero-order chi connectivity index (χ0) is 19.2. The predicted octanol–water partition coefficient (Wildman–Crippen LogP) is 2.98. The first-order valence-corrected chi connectivity index (χ1v) is 8.46. The second kappa shape index (κ2) is 8.50. The standard InChI is InChI=1S/C19H21FN4O3/c1-3-26-15-9-4-12(10-16(15)25-2)18(21)19-22-17(23-24-19)11-27-14-7-5-13(20)6-8-14/h4-10,18H,3,11,21H2,1-2H3,(H,22,23,24). The maximum atomic E-state index is 12.9. The van der Waals surface area contributed by atoms with Gasteiger partial charge in [-0.25, -0.2) is 9.37 Å². The molecule has 27 heavy (non-hydrogen) atoms. The third-order valence-electron chi connectivity index (χ3n) is 3.86. The minimum atomic E-state index is -0.537. The molecule has 142 valence electrons. The summed E-state index contributed by atoms with van der Waals surface area (Å²) >= 11 is 0. The summed E-state index contributed by atoms with van der Waals surface area (Å²) in [5, 5.41) is 6.96. The van der Waals surface area contributed by atoms with E-state index < -0.39 is 6.04 Å². The number of nitrogens with two attached hydrogens (primary N) is 1. The highest BCUT2D eigenvalue weighted by Crippen LogP contribution is 2.31. The number of halogens is 1. The minimum Gasteiger partial charge on any atom is -0.493 e. The molecular formula is C19H21FN4O3. The average molecular weight is 372 g/mol. The molecule has 3 aromatic rings. The van der Waals surface area contributed by atoms with E-state index in [2.05, 4.69) is 15.2 Å². The number of aromatic nitrogens is 3. The van der Waals surface area contributed by atoms with E-state index in [1.54, 1.807) is 25.3 Å². The van der Waals surface area contributed by atoms with Gasteiger partial charge in [0.15, 0.2) is 23.1 Å². The number of hydrogen-bond acceptors (Lipinski definition) is 6. The summed E-state index contributed by atoms with van der Waals surface area (Å²) in [6.45, 7) is 2.61. The number of aromatic amines is 1. The van der Waals surface area contributed by atoms with Gasteiger partial charge in [-0.05, 0) is 48.9 Å². The molecule has 1 heterocycles. The first kappa shape index (κ1) is 18.7. The van der Waals surface area contributed by atoms with Gasteiger partial charge in [0.05, 0.1) is 19.8 Å². The van der Waals surface area contributed by atoms with E-state index in [1.807, 2.05) is 19.1 Å². The number of nitrogens with zero attached hydrogens (tertiary/aromatic N) is 2. The Balaban J connectivity index is 1.69. The monoisotopic (exact) mass is 372 g/mol. The van der Waals surface area contributed by atoms with Crippen LogP contribution in [0.2, 0.25) is 0 Å². The number of hydrogen-bond donors (Lipinski definition) is 2. The number of ether oxygens (including phenoxy) is 3. The highest BCUT2D eigenvalue weighted by Gasteiger charge is 2.17. The van der Waals surface area contributed by atoms with Crippen LogP contribution in [0.15, 0.2) is 42.5 Å². The summed E-state index contributed by atoms with van der Waals surface area (Å²) in [4.78, 5) is 4.37. The molecule has 2 aromatic carbocycles. The van der Waals surface area contributed by atoms with Crippen LogP contribution in [0.4, 0.5) is 4.39 Å². The summed E-state index contributed by atoms with van der Waals surface area (Å²) < 4.78 is 29.3. The zero-order valence-electron chi connectivity index (χ0n) is 15.1. The summed E-state index contributed by atoms with van der Waals surface area (Å²) in [7, 11) is 1.57. The topological polar surface area (TPSA) is 95.3 Å². The van der Waals surface area contributed by atoms with Crippen molar-refractivity contribution in [2.75, 3.05) is 13.7 Å². The normalized spacial score (nSPS) is 11.9. The van der Waals surface area contributed by atoms with Crippen LogP contribution in [0.25, 0.3) is 0 Å². The van der Waals surface area contributed by atoms with E-state index in [-0.39, 0.29) is 12.4 Å². The molecular weight excluding hydrogens is 351 g/mol. The van der Waals surface area contributed by atoms with Crippen molar-refractivity contribution in [1.29, 1.82) is 0 Å². The van der Waals surface area contributed by atoms with Crippen LogP contribution >= 0.6 is 0 Å². The Bertz CT molecular complexity index is 883. The molecule has 0 spiro atoms. The largest absolute Gasteiger partial charge is 0.493 e. The van der Waals surface area contributed by atoms with Gasteiger partial charge in [-0.15, -0.1) is 0 Å². The second-order valence-electron chi connectivity index (χ2n) is 5.70. The van der Waals surface area contributed by atoms with Crippen molar-refractivity contribution in [1.82, 2.24) is 15.2 Å². The smallest absolute Gasteiger partial charge is 0.172 e. The molecule has 1 aromatic heterocycles. The number of rotatable bonds is 8. The molecule has 0 aliphatic rings. The van der Waals surface area contributed by atoms with E-state index in [4.69, 9.17) is 19.9 Å². The van der Waals surface area contributed by atoms with Gasteiger partial charge >= 0.3 is 0 Å². The molecule has 0 bridgehead atoms. The Morgan fingerprint density at radius 3 is 2.59 bits per heavy atom. The van der Waals surface area contributed by atoms with Crippen LogP contribution in [-0.4, -0.2) is 28.9 Å². The fourth-order valence-corrected chi connectivity index (χ4v) is 2.50. The highest BCUT2D eigenvalue weighted by molar-refractivity contribution is 5.44. The van der Waals surface area contributed by atoms with Crippen molar-refractivity contribution in [2.24, 2.45) is 5.73 Å². The highest BCUT2D eigenvalue weighted by atomic mass is 19.1. The number of methoxy groups -OCH3 is 1. The molecule has 3 N–H and O–H groups in total. The Labute approximate surface area is 156 Å². The van der Waals surface area contributed by atoms with Crippen molar-refractivity contribution >= 4 is 0 Å². The average Bonchev–Trinajstić information content (AvgIpc) is 3.16. The van der Waals surface area contributed by atoms with Crippen LogP contribution in [0.5, 0.6) is 17.2 Å². The van der Waals surface area contributed by atoms with Gasteiger partial charge in [-0.1, -0.05) is 6.07 Å². The maximum absolute atomic E-state index is 12.9. The quantitative estimate of drug-likeness (QED) is 0.631. The van der Waals surface area contributed by atoms with Gasteiger partial charge in [0.2, 0.25) is 0 Å². The Kier molecular flexibility index (Phi) is 5.87. The molecule has 0 amide bonds. The second-order valence-corrected chi connectivity index (χ2v) is 5.70. The van der Waals surface area contributed by atoms with Crippen molar-refractivity contribution in [2.45, 2.75) is 19.6 Å². The molecule has 0 aliphatic heterocycles. The Hall–Kier alpha value is -3.13. The van der Waals surface area contributed by atoms with Gasteiger partial charge in [0.25, 0.3) is 0 Å². The molecule has 0 aliphatic carbocycles. The Morgan fingerprint density at radius 1 is 1.11 bits per heavy atom. The third kappa shape index (κ3) is 4.53. The van der Waals surface area contributed by atoms with E-state index >= 15 is 0 Å². The zero-order valence-corrected chi connectivity index (χ0v) is 15.1. The molecule has 0 saturated heterocycles. The van der Waals surface area contributed by atoms with Gasteiger partial charge in [0.1, 0.15) is 18.2 Å². The van der Waals surface area contributed by atoms with Crippen LogP contribution in [0.3, 0.4) is 0 Å². The van der Waals surface area contributed by atoms with Gasteiger partial charge in [0, 0.05) is 0 Å². The fraction of sp³-hybridized carbons (Fsp3) is 0.263. The lowest BCUT2D eigenvalue weighted by Crippen LogP contribution is -2.14. The lowest BCUT2D eigenvalue weighted by Gasteiger charge is -2.13. The van der Waals surface area contributed by atoms with Gasteiger partial charge in [-0.2, -0.15) is 5.10 Å². The predicted molar refractivity (Wildman–Crippen MR) is 97.3 cm³/mol. The van der Waals surface area contributed by atoms with Gasteiger partial charge < -0.3 is 19.9 Å². The first-order valence-electron chi connectivity index (χ1n) is 8.46. The summed E-state index contributed by atoms with van der Waals surface area (Å²) in [5.74, 6) is 2.41. The van der Waals surface area contributed by atoms with E-state index in [0.717, 1.165) is 5.56 Å². The number of nitrogens with one attached hydrogen (secondary N) is 1. The molecule has 1 atom stereocenters. The molecule has 0 saturated carbocycles. The summed E-state index contributed by atoms with van der Waals surface area (Å²) in [6.07, 6.45) is 0. The Morgan fingerprint density at radius 2 is 1.89 bits per heavy atom. The van der Waals surface area contributed by atoms with Crippen molar-refractivity contribution < 1.29 is 18.6 Å². The van der Waals surface area contributed by atoms with E-state index in [0.29, 0.717) is 35.5 Å². The molecule has 3 rings (SSSR count). The minimum absolute atomic E-state index is 0.165. The molecule has 0 radical (unpaired) electrons. The molecule has 8 heteroatoms. The fourth-order valence-electron chi connectivity index (χ4n) is 2.50. The van der Waals surface area contributed by atoms with Crippen molar-refractivity contribution in [3.63, 3.8) is 0 Å². The molecule has 0 fully saturated rings. The van der Waals surface area contributed by atoms with Crippen LogP contribution in [-0.2, 0) is 6.61 Å². The van der Waals surface area contributed by atoms with Crippen molar-refractivity contribution in [3.05, 3.63) is 65.5 Å².